The van der Waals surface area contributed by atoms with Crippen LogP contribution in [0.3, 0.4) is 0 Å². The lowest BCUT2D eigenvalue weighted by molar-refractivity contribution is -0.165. The number of ether oxygens (including phenoxy) is 4. The van der Waals surface area contributed by atoms with Crippen LogP contribution in [0.15, 0.2) is 0 Å². The van der Waals surface area contributed by atoms with E-state index in [1.54, 1.807) is 0 Å². The van der Waals surface area contributed by atoms with Gasteiger partial charge in [-0.15, -0.1) is 0 Å². The van der Waals surface area contributed by atoms with Gasteiger partial charge in [-0.3, -0.25) is 14.4 Å². The summed E-state index contributed by atoms with van der Waals surface area (Å²) in [4.78, 5) is 37.3. The Labute approximate surface area is 285 Å². The third-order valence-electron chi connectivity index (χ3n) is 8.64. The zero-order valence-electron chi connectivity index (χ0n) is 30.2. The van der Waals surface area contributed by atoms with Gasteiger partial charge in [0.25, 0.3) is 0 Å². The van der Waals surface area contributed by atoms with Gasteiger partial charge in [0.15, 0.2) is 0 Å². The summed E-state index contributed by atoms with van der Waals surface area (Å²) in [6.07, 6.45) is 19.5. The predicted octanol–water partition coefficient (Wildman–Crippen LogP) is 6.83. The fraction of sp³-hybridized carbons (Fsp3) is 0.919. The molecule has 0 aliphatic rings. The number of esters is 3. The fourth-order valence-corrected chi connectivity index (χ4v) is 5.09. The van der Waals surface area contributed by atoms with Crippen molar-refractivity contribution in [3.8, 4) is 0 Å². The van der Waals surface area contributed by atoms with E-state index in [-0.39, 0.29) is 52.3 Å². The molecule has 0 bridgehead atoms. The van der Waals surface area contributed by atoms with Crippen molar-refractivity contribution >= 4 is 17.9 Å². The Morgan fingerprint density at radius 1 is 0.404 bits per heavy atom. The molecular formula is C37H70O10. The lowest BCUT2D eigenvalue weighted by atomic mass is 9.90. The van der Waals surface area contributed by atoms with E-state index in [1.807, 2.05) is 0 Å². The van der Waals surface area contributed by atoms with Crippen LogP contribution in [0.2, 0.25) is 0 Å². The first-order chi connectivity index (χ1) is 22.8. The molecule has 0 aromatic carbocycles. The molecule has 3 N–H and O–H groups in total. The molecule has 0 saturated carbocycles. The molecule has 0 aromatic heterocycles. The van der Waals surface area contributed by atoms with Gasteiger partial charge in [-0.2, -0.15) is 0 Å². The second kappa shape index (κ2) is 30.3. The Hall–Kier alpha value is -1.75. The second-order valence-electron chi connectivity index (χ2n) is 13.5. The standard InChI is InChI=1S/C37H70O10/c1-4-7-10-13-15-16-18-21-24-35(43)47-32-37(27-40,31-46-34(42)22-19-12-9-6-3)29-44-28-36(25-38,26-39)30-45-33(41)23-20-17-14-11-8-5-2/h38-40H,4-32H2,1-3H3. The van der Waals surface area contributed by atoms with E-state index in [4.69, 9.17) is 18.9 Å². The Kier molecular flexibility index (Phi) is 29.2. The van der Waals surface area contributed by atoms with Crippen molar-refractivity contribution in [1.82, 2.24) is 0 Å². The van der Waals surface area contributed by atoms with E-state index >= 15 is 0 Å². The van der Waals surface area contributed by atoms with Crippen LogP contribution in [0, 0.1) is 10.8 Å². The number of carbonyl (C=O) groups is 3. The third-order valence-corrected chi connectivity index (χ3v) is 8.64. The van der Waals surface area contributed by atoms with Crippen LogP contribution in [0.1, 0.15) is 156 Å². The van der Waals surface area contributed by atoms with Crippen molar-refractivity contribution in [2.24, 2.45) is 10.8 Å². The van der Waals surface area contributed by atoms with E-state index < -0.39 is 48.6 Å². The largest absolute Gasteiger partial charge is 0.465 e. The normalized spacial score (nSPS) is 12.9. The summed E-state index contributed by atoms with van der Waals surface area (Å²) in [6, 6.07) is 0. The van der Waals surface area contributed by atoms with Crippen LogP contribution in [-0.4, -0.2) is 86.1 Å². The molecule has 0 spiro atoms. The number of carbonyl (C=O) groups excluding carboxylic acids is 3. The highest BCUT2D eigenvalue weighted by molar-refractivity contribution is 5.70. The Balaban J connectivity index is 5.08. The molecule has 0 saturated heterocycles. The average Bonchev–Trinajstić information content (AvgIpc) is 3.08. The van der Waals surface area contributed by atoms with Crippen LogP contribution < -0.4 is 0 Å². The topological polar surface area (TPSA) is 149 Å². The smallest absolute Gasteiger partial charge is 0.305 e. The van der Waals surface area contributed by atoms with E-state index in [0.29, 0.717) is 6.42 Å². The van der Waals surface area contributed by atoms with Gasteiger partial charge in [0.2, 0.25) is 0 Å². The zero-order valence-corrected chi connectivity index (χ0v) is 30.2. The summed E-state index contributed by atoms with van der Waals surface area (Å²) in [6.45, 7) is 3.90. The molecule has 0 aliphatic carbocycles. The number of rotatable bonds is 34. The molecule has 10 nitrogen and oxygen atoms in total. The van der Waals surface area contributed by atoms with Gasteiger partial charge in [-0.1, -0.05) is 117 Å². The highest BCUT2D eigenvalue weighted by Crippen LogP contribution is 2.24. The third kappa shape index (κ3) is 24.1. The Morgan fingerprint density at radius 2 is 0.681 bits per heavy atom. The van der Waals surface area contributed by atoms with Crippen LogP contribution in [0.25, 0.3) is 0 Å². The Morgan fingerprint density at radius 3 is 1.02 bits per heavy atom. The van der Waals surface area contributed by atoms with E-state index in [0.717, 1.165) is 77.0 Å². The van der Waals surface area contributed by atoms with Crippen molar-refractivity contribution < 1.29 is 48.7 Å². The maximum Gasteiger partial charge on any atom is 0.305 e. The number of hydrogen-bond acceptors (Lipinski definition) is 10. The highest BCUT2D eigenvalue weighted by Gasteiger charge is 2.37. The highest BCUT2D eigenvalue weighted by atomic mass is 16.6. The van der Waals surface area contributed by atoms with Gasteiger partial charge in [0.05, 0.1) is 43.9 Å². The molecule has 0 aliphatic heterocycles. The summed E-state index contributed by atoms with van der Waals surface area (Å²) in [7, 11) is 0. The monoisotopic (exact) mass is 674 g/mol. The number of aliphatic hydroxyl groups excluding tert-OH is 3. The first kappa shape index (κ1) is 45.2. The minimum Gasteiger partial charge on any atom is -0.465 e. The molecule has 0 fully saturated rings. The SMILES string of the molecule is CCCCCCCCCCC(=O)OCC(CO)(COCC(CO)(CO)COC(=O)CCCCCCCC)COC(=O)CCCCCC. The molecule has 1 unspecified atom stereocenters. The lowest BCUT2D eigenvalue weighted by Crippen LogP contribution is -2.45. The molecule has 10 heteroatoms. The van der Waals surface area contributed by atoms with Crippen LogP contribution in [-0.2, 0) is 33.3 Å². The molecular weight excluding hydrogens is 604 g/mol. The molecule has 0 aromatic rings. The number of aliphatic hydroxyl groups is 3. The molecule has 0 amide bonds. The van der Waals surface area contributed by atoms with E-state index in [2.05, 4.69) is 20.8 Å². The van der Waals surface area contributed by atoms with E-state index in [9.17, 15) is 29.7 Å². The molecule has 0 radical (unpaired) electrons. The predicted molar refractivity (Wildman–Crippen MR) is 184 cm³/mol. The summed E-state index contributed by atoms with van der Waals surface area (Å²) >= 11 is 0. The Bertz CT molecular complexity index is 770. The minimum atomic E-state index is -1.26. The summed E-state index contributed by atoms with van der Waals surface area (Å²) in [5, 5.41) is 30.6. The fourth-order valence-electron chi connectivity index (χ4n) is 5.09. The van der Waals surface area contributed by atoms with E-state index in [1.165, 1.54) is 32.1 Å². The van der Waals surface area contributed by atoms with Crippen LogP contribution in [0.4, 0.5) is 0 Å². The van der Waals surface area contributed by atoms with Gasteiger partial charge in [0.1, 0.15) is 19.8 Å². The lowest BCUT2D eigenvalue weighted by Gasteiger charge is -2.34. The van der Waals surface area contributed by atoms with Gasteiger partial charge in [-0.05, 0) is 19.3 Å². The molecule has 1 atom stereocenters. The first-order valence-corrected chi connectivity index (χ1v) is 18.6. The molecule has 278 valence electrons. The summed E-state index contributed by atoms with van der Waals surface area (Å²) in [5.74, 6) is -1.19. The van der Waals surface area contributed by atoms with Gasteiger partial charge in [-0.25, -0.2) is 0 Å². The zero-order chi connectivity index (χ0) is 35.1. The number of unbranched alkanes of at least 4 members (excludes halogenated alkanes) is 15. The van der Waals surface area contributed by atoms with Crippen LogP contribution >= 0.6 is 0 Å². The van der Waals surface area contributed by atoms with Crippen LogP contribution in [0.5, 0.6) is 0 Å². The summed E-state index contributed by atoms with van der Waals surface area (Å²) in [5.41, 5.74) is -2.50. The summed E-state index contributed by atoms with van der Waals surface area (Å²) < 4.78 is 22.3. The van der Waals surface area contributed by atoms with Crippen molar-refractivity contribution in [2.75, 3.05) is 52.9 Å². The van der Waals surface area contributed by atoms with Crippen molar-refractivity contribution in [3.63, 3.8) is 0 Å². The van der Waals surface area contributed by atoms with Gasteiger partial charge >= 0.3 is 17.9 Å². The van der Waals surface area contributed by atoms with Crippen molar-refractivity contribution in [3.05, 3.63) is 0 Å². The van der Waals surface area contributed by atoms with Gasteiger partial charge in [0, 0.05) is 19.3 Å². The quantitative estimate of drug-likeness (QED) is 0.0377. The minimum absolute atomic E-state index is 0.175. The molecule has 0 rings (SSSR count). The van der Waals surface area contributed by atoms with Gasteiger partial charge < -0.3 is 34.3 Å². The second-order valence-corrected chi connectivity index (χ2v) is 13.5. The molecule has 47 heavy (non-hydrogen) atoms. The number of hydrogen-bond donors (Lipinski definition) is 3. The van der Waals surface area contributed by atoms with Crippen molar-refractivity contribution in [1.29, 1.82) is 0 Å². The first-order valence-electron chi connectivity index (χ1n) is 18.6. The van der Waals surface area contributed by atoms with Crippen molar-refractivity contribution in [2.45, 2.75) is 156 Å². The maximum atomic E-state index is 12.6. The molecule has 0 heterocycles. The maximum absolute atomic E-state index is 12.6. The average molecular weight is 675 g/mol.